The number of nitro groups is 1. The van der Waals surface area contributed by atoms with Crippen LogP contribution in [0.1, 0.15) is 37.0 Å². The summed E-state index contributed by atoms with van der Waals surface area (Å²) in [6.07, 6.45) is 0.553. The van der Waals surface area contributed by atoms with Crippen molar-refractivity contribution in [3.63, 3.8) is 0 Å². The summed E-state index contributed by atoms with van der Waals surface area (Å²) in [4.78, 5) is 36.9. The second-order valence-electron chi connectivity index (χ2n) is 7.53. The predicted octanol–water partition coefficient (Wildman–Crippen LogP) is 6.45. The van der Waals surface area contributed by atoms with Gasteiger partial charge >= 0.3 is 5.97 Å². The lowest BCUT2D eigenvalue weighted by Gasteiger charge is -2.31. The molecule has 2 aromatic carbocycles. The van der Waals surface area contributed by atoms with Crippen molar-refractivity contribution in [2.75, 3.05) is 0 Å². The fourth-order valence-electron chi connectivity index (χ4n) is 3.07. The van der Waals surface area contributed by atoms with Gasteiger partial charge in [-0.05, 0) is 29.7 Å². The first-order valence-corrected chi connectivity index (χ1v) is 10.5. The number of halogens is 2. The van der Waals surface area contributed by atoms with E-state index in [1.54, 1.807) is 18.2 Å². The van der Waals surface area contributed by atoms with Crippen LogP contribution in [0.5, 0.6) is 0 Å². The predicted molar refractivity (Wildman–Crippen MR) is 116 cm³/mol. The van der Waals surface area contributed by atoms with Gasteiger partial charge in [0.25, 0.3) is 5.69 Å². The van der Waals surface area contributed by atoms with Gasteiger partial charge in [-0.15, -0.1) is 0 Å². The van der Waals surface area contributed by atoms with Crippen LogP contribution in [0, 0.1) is 15.5 Å². The zero-order chi connectivity index (χ0) is 22.1. The number of para-hydroxylation sites is 1. The number of ether oxygens (including phenoxy) is 1. The lowest BCUT2D eigenvalue weighted by molar-refractivity contribution is -0.387. The molecule has 156 valence electrons. The van der Waals surface area contributed by atoms with E-state index in [0.29, 0.717) is 16.3 Å². The van der Waals surface area contributed by atoms with E-state index in [9.17, 15) is 19.7 Å². The number of allylic oxidation sites excluding steroid dienone is 2. The number of benzene rings is 2. The standard InChI is InChI=1S/C21H17Cl2NO5S/c1-21(2)10-16(25)19(30-18-6-4-3-5-15(18)24(27)28)17(11-21)29-20(26)13-8-7-12(22)9-14(13)23/h3-9H,10-11H2,1-2H3. The number of hydrogen-bond donors (Lipinski definition) is 0. The molecule has 0 atom stereocenters. The Bertz CT molecular complexity index is 1080. The number of rotatable bonds is 5. The minimum absolute atomic E-state index is 0.111. The van der Waals surface area contributed by atoms with Crippen LogP contribution in [-0.4, -0.2) is 16.7 Å². The maximum Gasteiger partial charge on any atom is 0.344 e. The molecule has 30 heavy (non-hydrogen) atoms. The number of ketones is 1. The zero-order valence-corrected chi connectivity index (χ0v) is 18.4. The molecule has 0 fully saturated rings. The Labute approximate surface area is 187 Å². The lowest BCUT2D eigenvalue weighted by Crippen LogP contribution is -2.27. The number of esters is 1. The Morgan fingerprint density at radius 2 is 1.87 bits per heavy atom. The minimum atomic E-state index is -0.724. The van der Waals surface area contributed by atoms with Crippen molar-refractivity contribution in [1.82, 2.24) is 0 Å². The number of carbonyl (C=O) groups is 2. The van der Waals surface area contributed by atoms with E-state index < -0.39 is 16.3 Å². The highest BCUT2D eigenvalue weighted by atomic mass is 35.5. The third-order valence-electron chi connectivity index (χ3n) is 4.43. The molecule has 1 aliphatic carbocycles. The van der Waals surface area contributed by atoms with Gasteiger partial charge in [0.15, 0.2) is 5.78 Å². The topological polar surface area (TPSA) is 86.5 Å². The number of nitrogens with zero attached hydrogens (tertiary/aromatic N) is 1. The van der Waals surface area contributed by atoms with E-state index in [1.807, 2.05) is 13.8 Å². The molecule has 0 saturated heterocycles. The maximum atomic E-state index is 12.9. The first-order valence-electron chi connectivity index (χ1n) is 8.92. The zero-order valence-electron chi connectivity index (χ0n) is 16.1. The monoisotopic (exact) mass is 465 g/mol. The molecule has 0 aromatic heterocycles. The molecule has 2 aromatic rings. The van der Waals surface area contributed by atoms with Crippen molar-refractivity contribution in [2.24, 2.45) is 5.41 Å². The molecule has 3 rings (SSSR count). The summed E-state index contributed by atoms with van der Waals surface area (Å²) in [7, 11) is 0. The second kappa shape index (κ2) is 8.79. The number of nitro benzene ring substituents is 1. The van der Waals surface area contributed by atoms with Crippen LogP contribution < -0.4 is 0 Å². The van der Waals surface area contributed by atoms with Crippen LogP contribution in [0.3, 0.4) is 0 Å². The van der Waals surface area contributed by atoms with Gasteiger partial charge in [-0.1, -0.05) is 60.9 Å². The van der Waals surface area contributed by atoms with Gasteiger partial charge in [0, 0.05) is 23.9 Å². The molecular formula is C21H17Cl2NO5S. The Morgan fingerprint density at radius 1 is 1.17 bits per heavy atom. The Kier molecular flexibility index (Phi) is 6.55. The average molecular weight is 466 g/mol. The van der Waals surface area contributed by atoms with Gasteiger partial charge in [0.05, 0.1) is 25.3 Å². The van der Waals surface area contributed by atoms with E-state index in [0.717, 1.165) is 11.8 Å². The van der Waals surface area contributed by atoms with Crippen molar-refractivity contribution in [1.29, 1.82) is 0 Å². The van der Waals surface area contributed by atoms with E-state index in [-0.39, 0.29) is 39.1 Å². The highest BCUT2D eigenvalue weighted by Crippen LogP contribution is 2.45. The van der Waals surface area contributed by atoms with Gasteiger partial charge in [0.1, 0.15) is 5.76 Å². The summed E-state index contributed by atoms with van der Waals surface area (Å²) < 4.78 is 5.59. The molecule has 0 aliphatic heterocycles. The Balaban J connectivity index is 2.00. The summed E-state index contributed by atoms with van der Waals surface area (Å²) in [5.74, 6) is -0.785. The van der Waals surface area contributed by atoms with Crippen LogP contribution in [0.15, 0.2) is 58.0 Å². The first kappa shape index (κ1) is 22.3. The molecule has 0 heterocycles. The summed E-state index contributed by atoms with van der Waals surface area (Å²) in [6.45, 7) is 3.78. The molecular weight excluding hydrogens is 449 g/mol. The minimum Gasteiger partial charge on any atom is -0.426 e. The van der Waals surface area contributed by atoms with Crippen LogP contribution >= 0.6 is 35.0 Å². The number of carbonyl (C=O) groups excluding carboxylic acids is 2. The number of thioether (sulfide) groups is 1. The van der Waals surface area contributed by atoms with Gasteiger partial charge in [-0.25, -0.2) is 4.79 Å². The molecule has 0 amide bonds. The molecule has 0 saturated carbocycles. The van der Waals surface area contributed by atoms with Crippen LogP contribution in [0.4, 0.5) is 5.69 Å². The van der Waals surface area contributed by atoms with Crippen molar-refractivity contribution >= 4 is 52.4 Å². The molecule has 0 radical (unpaired) electrons. The van der Waals surface area contributed by atoms with E-state index in [4.69, 9.17) is 27.9 Å². The fourth-order valence-corrected chi connectivity index (χ4v) is 4.58. The molecule has 0 spiro atoms. The normalized spacial score (nSPS) is 15.8. The third kappa shape index (κ3) is 5.03. The highest BCUT2D eigenvalue weighted by molar-refractivity contribution is 8.04. The summed E-state index contributed by atoms with van der Waals surface area (Å²) in [5, 5.41) is 11.8. The molecule has 1 aliphatic rings. The summed E-state index contributed by atoms with van der Waals surface area (Å²) in [5.41, 5.74) is -0.443. The van der Waals surface area contributed by atoms with Gasteiger partial charge in [0.2, 0.25) is 0 Å². The lowest BCUT2D eigenvalue weighted by atomic mass is 9.79. The van der Waals surface area contributed by atoms with Gasteiger partial charge in [-0.3, -0.25) is 14.9 Å². The molecule has 0 N–H and O–H groups in total. The maximum absolute atomic E-state index is 12.9. The largest absolute Gasteiger partial charge is 0.426 e. The molecule has 0 unspecified atom stereocenters. The van der Waals surface area contributed by atoms with Crippen molar-refractivity contribution in [2.45, 2.75) is 31.6 Å². The first-order chi connectivity index (χ1) is 14.1. The Morgan fingerprint density at radius 3 is 2.53 bits per heavy atom. The summed E-state index contributed by atoms with van der Waals surface area (Å²) in [6, 6.07) is 10.5. The molecule has 0 bridgehead atoms. The van der Waals surface area contributed by atoms with Crippen molar-refractivity contribution in [3.8, 4) is 0 Å². The van der Waals surface area contributed by atoms with Crippen molar-refractivity contribution in [3.05, 3.63) is 78.9 Å². The van der Waals surface area contributed by atoms with Crippen LogP contribution in [0.25, 0.3) is 0 Å². The van der Waals surface area contributed by atoms with E-state index in [1.165, 1.54) is 24.3 Å². The average Bonchev–Trinajstić information content (AvgIpc) is 2.64. The van der Waals surface area contributed by atoms with Gasteiger partial charge < -0.3 is 4.74 Å². The molecule has 6 nitrogen and oxygen atoms in total. The quantitative estimate of drug-likeness (QED) is 0.286. The highest BCUT2D eigenvalue weighted by Gasteiger charge is 2.36. The van der Waals surface area contributed by atoms with Gasteiger partial charge in [-0.2, -0.15) is 0 Å². The van der Waals surface area contributed by atoms with E-state index >= 15 is 0 Å². The van der Waals surface area contributed by atoms with Crippen LogP contribution in [-0.2, 0) is 9.53 Å². The van der Waals surface area contributed by atoms with Crippen LogP contribution in [0.2, 0.25) is 10.0 Å². The third-order valence-corrected chi connectivity index (χ3v) is 6.20. The SMILES string of the molecule is CC1(C)CC(=O)C(Sc2ccccc2[N+](=O)[O-])=C(OC(=O)c2ccc(Cl)cc2Cl)C1. The number of hydrogen-bond acceptors (Lipinski definition) is 6. The molecule has 9 heteroatoms. The summed E-state index contributed by atoms with van der Waals surface area (Å²) >= 11 is 12.9. The Hall–Kier alpha value is -2.35. The second-order valence-corrected chi connectivity index (χ2v) is 9.43. The number of Topliss-reactive ketones (excluding diaryl/α,β-unsaturated/α-hetero) is 1. The fraction of sp³-hybridized carbons (Fsp3) is 0.238. The van der Waals surface area contributed by atoms with Crippen molar-refractivity contribution < 1.29 is 19.2 Å². The smallest absolute Gasteiger partial charge is 0.344 e. The van der Waals surface area contributed by atoms with E-state index in [2.05, 4.69) is 0 Å².